The minimum Gasteiger partial charge on any atom is -0.369 e. The molecule has 1 aliphatic rings. The zero-order valence-electron chi connectivity index (χ0n) is 8.38. The van der Waals surface area contributed by atoms with Crippen molar-refractivity contribution in [1.82, 2.24) is 5.32 Å². The van der Waals surface area contributed by atoms with Gasteiger partial charge in [0.25, 0.3) is 0 Å². The summed E-state index contributed by atoms with van der Waals surface area (Å²) in [7, 11) is 0. The van der Waals surface area contributed by atoms with Crippen molar-refractivity contribution in [3.8, 4) is 0 Å². The molecule has 0 aromatic carbocycles. The van der Waals surface area contributed by atoms with E-state index >= 15 is 0 Å². The molecule has 0 aliphatic heterocycles. The molecule has 0 saturated heterocycles. The molecule has 0 radical (unpaired) electrons. The zero-order valence-corrected chi connectivity index (χ0v) is 8.38. The number of primary amides is 1. The lowest BCUT2D eigenvalue weighted by atomic mass is 9.84. The highest BCUT2D eigenvalue weighted by atomic mass is 16.1. The van der Waals surface area contributed by atoms with Crippen LogP contribution in [0, 0.1) is 5.92 Å². The van der Waals surface area contributed by atoms with Crippen LogP contribution in [0.4, 0.5) is 0 Å². The van der Waals surface area contributed by atoms with Gasteiger partial charge in [0, 0.05) is 6.04 Å². The Morgan fingerprint density at radius 2 is 2.00 bits per heavy atom. The van der Waals surface area contributed by atoms with Gasteiger partial charge in [-0.05, 0) is 31.6 Å². The first-order chi connectivity index (χ1) is 6.22. The summed E-state index contributed by atoms with van der Waals surface area (Å²) >= 11 is 0. The molecule has 1 aliphatic carbocycles. The van der Waals surface area contributed by atoms with Gasteiger partial charge in [0.1, 0.15) is 0 Å². The third-order valence-corrected chi connectivity index (χ3v) is 2.99. The summed E-state index contributed by atoms with van der Waals surface area (Å²) in [5.74, 6) is 0.657. The standard InChI is InChI=1S/C10H20N2O/c1-2-8-3-5-9(6-4-8)12-7-10(11)13/h8-9,12H,2-7H2,1H3,(H2,11,13). The van der Waals surface area contributed by atoms with Crippen molar-refractivity contribution in [3.05, 3.63) is 0 Å². The normalized spacial score (nSPS) is 28.7. The van der Waals surface area contributed by atoms with Crippen molar-refractivity contribution >= 4 is 5.91 Å². The Morgan fingerprint density at radius 3 is 2.46 bits per heavy atom. The summed E-state index contributed by atoms with van der Waals surface area (Å²) in [4.78, 5) is 10.5. The smallest absolute Gasteiger partial charge is 0.231 e. The van der Waals surface area contributed by atoms with E-state index in [1.165, 1.54) is 32.1 Å². The molecule has 1 amide bonds. The van der Waals surface area contributed by atoms with Crippen LogP contribution in [0.3, 0.4) is 0 Å². The predicted octanol–water partition coefficient (Wildman–Crippen LogP) is 1.03. The second-order valence-electron chi connectivity index (χ2n) is 3.97. The molecule has 0 aromatic rings. The molecule has 76 valence electrons. The second-order valence-corrected chi connectivity index (χ2v) is 3.97. The number of rotatable bonds is 4. The summed E-state index contributed by atoms with van der Waals surface area (Å²) in [6.45, 7) is 2.59. The summed E-state index contributed by atoms with van der Waals surface area (Å²) in [6.07, 6.45) is 6.29. The molecule has 0 heterocycles. The molecule has 3 nitrogen and oxygen atoms in total. The zero-order chi connectivity index (χ0) is 9.68. The van der Waals surface area contributed by atoms with Gasteiger partial charge in [0.05, 0.1) is 6.54 Å². The maximum atomic E-state index is 10.5. The highest BCUT2D eigenvalue weighted by Gasteiger charge is 2.19. The number of hydrogen-bond donors (Lipinski definition) is 2. The highest BCUT2D eigenvalue weighted by Crippen LogP contribution is 2.26. The molecule has 0 aromatic heterocycles. The van der Waals surface area contributed by atoms with Crippen LogP contribution < -0.4 is 11.1 Å². The van der Waals surface area contributed by atoms with Gasteiger partial charge < -0.3 is 11.1 Å². The van der Waals surface area contributed by atoms with Crippen molar-refractivity contribution in [1.29, 1.82) is 0 Å². The van der Waals surface area contributed by atoms with Crippen molar-refractivity contribution in [3.63, 3.8) is 0 Å². The van der Waals surface area contributed by atoms with E-state index in [0.29, 0.717) is 12.6 Å². The van der Waals surface area contributed by atoms with E-state index < -0.39 is 0 Å². The van der Waals surface area contributed by atoms with E-state index in [2.05, 4.69) is 12.2 Å². The van der Waals surface area contributed by atoms with Gasteiger partial charge in [0.2, 0.25) is 5.91 Å². The summed E-state index contributed by atoms with van der Waals surface area (Å²) < 4.78 is 0. The number of nitrogens with two attached hydrogens (primary N) is 1. The number of amides is 1. The molecule has 0 atom stereocenters. The van der Waals surface area contributed by atoms with E-state index in [1.807, 2.05) is 0 Å². The van der Waals surface area contributed by atoms with Gasteiger partial charge in [-0.2, -0.15) is 0 Å². The number of carbonyl (C=O) groups is 1. The van der Waals surface area contributed by atoms with Crippen LogP contribution in [0.1, 0.15) is 39.0 Å². The molecule has 0 spiro atoms. The number of hydrogen-bond acceptors (Lipinski definition) is 2. The van der Waals surface area contributed by atoms with Crippen LogP contribution >= 0.6 is 0 Å². The fourth-order valence-corrected chi connectivity index (χ4v) is 2.02. The highest BCUT2D eigenvalue weighted by molar-refractivity contribution is 5.75. The van der Waals surface area contributed by atoms with Crippen molar-refractivity contribution in [2.45, 2.75) is 45.1 Å². The van der Waals surface area contributed by atoms with Gasteiger partial charge in [0.15, 0.2) is 0 Å². The Bertz CT molecular complexity index is 162. The Kier molecular flexibility index (Phi) is 4.22. The van der Waals surface area contributed by atoms with E-state index in [1.54, 1.807) is 0 Å². The van der Waals surface area contributed by atoms with Gasteiger partial charge in [-0.25, -0.2) is 0 Å². The van der Waals surface area contributed by atoms with Crippen molar-refractivity contribution < 1.29 is 4.79 Å². The molecular formula is C10H20N2O. The maximum Gasteiger partial charge on any atom is 0.231 e. The Hall–Kier alpha value is -0.570. The minimum atomic E-state index is -0.252. The first kappa shape index (κ1) is 10.5. The summed E-state index contributed by atoms with van der Waals surface area (Å²) in [5.41, 5.74) is 5.06. The molecule has 1 saturated carbocycles. The fraction of sp³-hybridized carbons (Fsp3) is 0.900. The van der Waals surface area contributed by atoms with E-state index in [4.69, 9.17) is 5.73 Å². The molecule has 13 heavy (non-hydrogen) atoms. The van der Waals surface area contributed by atoms with Crippen LogP contribution in [0.25, 0.3) is 0 Å². The molecule has 3 heteroatoms. The van der Waals surface area contributed by atoms with Gasteiger partial charge in [-0.1, -0.05) is 13.3 Å². The largest absolute Gasteiger partial charge is 0.369 e. The van der Waals surface area contributed by atoms with Gasteiger partial charge >= 0.3 is 0 Å². The van der Waals surface area contributed by atoms with Gasteiger partial charge in [-0.15, -0.1) is 0 Å². The lowest BCUT2D eigenvalue weighted by Gasteiger charge is -2.28. The second kappa shape index (κ2) is 5.22. The lowest BCUT2D eigenvalue weighted by Crippen LogP contribution is -2.38. The molecule has 1 rings (SSSR count). The third kappa shape index (κ3) is 3.77. The van der Waals surface area contributed by atoms with E-state index in [9.17, 15) is 4.79 Å². The van der Waals surface area contributed by atoms with Crippen molar-refractivity contribution in [2.75, 3.05) is 6.54 Å². The minimum absolute atomic E-state index is 0.252. The van der Waals surface area contributed by atoms with E-state index in [0.717, 1.165) is 5.92 Å². The first-order valence-corrected chi connectivity index (χ1v) is 5.24. The van der Waals surface area contributed by atoms with Crippen LogP contribution in [-0.2, 0) is 4.79 Å². The summed E-state index contributed by atoms with van der Waals surface area (Å²) in [5, 5.41) is 3.19. The van der Waals surface area contributed by atoms with Crippen LogP contribution in [-0.4, -0.2) is 18.5 Å². The lowest BCUT2D eigenvalue weighted by molar-refractivity contribution is -0.117. The molecular weight excluding hydrogens is 164 g/mol. The van der Waals surface area contributed by atoms with Crippen molar-refractivity contribution in [2.24, 2.45) is 11.7 Å². The molecule has 3 N–H and O–H groups in total. The number of carbonyl (C=O) groups excluding carboxylic acids is 1. The Balaban J connectivity index is 2.14. The molecule has 0 unspecified atom stereocenters. The number of nitrogens with one attached hydrogen (secondary N) is 1. The van der Waals surface area contributed by atoms with Gasteiger partial charge in [-0.3, -0.25) is 4.79 Å². The Morgan fingerprint density at radius 1 is 1.38 bits per heavy atom. The van der Waals surface area contributed by atoms with Crippen LogP contribution in [0.2, 0.25) is 0 Å². The quantitative estimate of drug-likeness (QED) is 0.685. The fourth-order valence-electron chi connectivity index (χ4n) is 2.02. The van der Waals surface area contributed by atoms with Crippen LogP contribution in [0.15, 0.2) is 0 Å². The SMILES string of the molecule is CCC1CCC(NCC(N)=O)CC1. The Labute approximate surface area is 80.1 Å². The predicted molar refractivity (Wildman–Crippen MR) is 53.2 cm³/mol. The maximum absolute atomic E-state index is 10.5. The topological polar surface area (TPSA) is 55.1 Å². The molecule has 0 bridgehead atoms. The van der Waals surface area contributed by atoms with Crippen LogP contribution in [0.5, 0.6) is 0 Å². The average molecular weight is 184 g/mol. The monoisotopic (exact) mass is 184 g/mol. The average Bonchev–Trinajstić information content (AvgIpc) is 2.15. The van der Waals surface area contributed by atoms with E-state index in [-0.39, 0.29) is 5.91 Å². The third-order valence-electron chi connectivity index (χ3n) is 2.99. The first-order valence-electron chi connectivity index (χ1n) is 5.24. The molecule has 1 fully saturated rings. The summed E-state index contributed by atoms with van der Waals surface area (Å²) in [6, 6.07) is 0.523.